The van der Waals surface area contributed by atoms with Crippen LogP contribution in [0.3, 0.4) is 0 Å². The number of amides is 1. The van der Waals surface area contributed by atoms with E-state index in [4.69, 9.17) is 0 Å². The van der Waals surface area contributed by atoms with Gasteiger partial charge in [-0.15, -0.1) is 0 Å². The Bertz CT molecular complexity index is 656. The van der Waals surface area contributed by atoms with Crippen molar-refractivity contribution in [1.82, 2.24) is 5.32 Å². The van der Waals surface area contributed by atoms with Gasteiger partial charge in [-0.2, -0.15) is 13.2 Å². The largest absolute Gasteiger partial charge is 0.418 e. The van der Waals surface area contributed by atoms with Gasteiger partial charge < -0.3 is 10.6 Å². The van der Waals surface area contributed by atoms with Gasteiger partial charge in [0.1, 0.15) is 0 Å². The van der Waals surface area contributed by atoms with E-state index < -0.39 is 40.0 Å². The molecule has 0 aromatic heterocycles. The number of hydrogen-bond donors (Lipinski definition) is 2. The Balaban J connectivity index is 2.10. The first-order valence-corrected chi connectivity index (χ1v) is 8.61. The van der Waals surface area contributed by atoms with Crippen molar-refractivity contribution in [3.63, 3.8) is 0 Å². The summed E-state index contributed by atoms with van der Waals surface area (Å²) >= 11 is 0. The zero-order valence-corrected chi connectivity index (χ0v) is 14.4. The number of alkyl halides is 3. The normalized spacial score (nSPS) is 17.4. The maximum atomic E-state index is 13.2. The number of benzene rings is 1. The summed E-state index contributed by atoms with van der Waals surface area (Å²) in [7, 11) is 0. The van der Waals surface area contributed by atoms with Gasteiger partial charge in [0, 0.05) is 18.2 Å². The van der Waals surface area contributed by atoms with E-state index in [0.29, 0.717) is 6.07 Å². The van der Waals surface area contributed by atoms with E-state index in [9.17, 15) is 28.1 Å². The minimum atomic E-state index is -4.81. The quantitative estimate of drug-likeness (QED) is 0.459. The molecule has 26 heavy (non-hydrogen) atoms. The molecule has 144 valence electrons. The van der Waals surface area contributed by atoms with Crippen LogP contribution in [0.25, 0.3) is 0 Å². The van der Waals surface area contributed by atoms with E-state index in [0.717, 1.165) is 50.7 Å². The first-order valence-electron chi connectivity index (χ1n) is 8.61. The molecule has 0 aliphatic heterocycles. The molecule has 1 atom stereocenters. The van der Waals surface area contributed by atoms with Crippen LogP contribution in [0.15, 0.2) is 18.2 Å². The van der Waals surface area contributed by atoms with E-state index in [1.54, 1.807) is 6.92 Å². The van der Waals surface area contributed by atoms with Crippen LogP contribution in [0.4, 0.5) is 24.5 Å². The van der Waals surface area contributed by atoms with Crippen LogP contribution in [0.2, 0.25) is 0 Å². The second kappa shape index (κ2) is 8.48. The highest BCUT2D eigenvalue weighted by Gasteiger charge is 2.36. The zero-order chi connectivity index (χ0) is 19.3. The predicted molar refractivity (Wildman–Crippen MR) is 90.8 cm³/mol. The lowest BCUT2D eigenvalue weighted by Gasteiger charge is -2.22. The highest BCUT2D eigenvalue weighted by Crippen LogP contribution is 2.37. The van der Waals surface area contributed by atoms with Crippen molar-refractivity contribution in [3.05, 3.63) is 33.9 Å². The Hall–Kier alpha value is -2.16. The smallest absolute Gasteiger partial charge is 0.324 e. The van der Waals surface area contributed by atoms with Crippen molar-refractivity contribution in [2.45, 2.75) is 63.7 Å². The van der Waals surface area contributed by atoms with Crippen molar-refractivity contribution < 1.29 is 22.9 Å². The van der Waals surface area contributed by atoms with Crippen LogP contribution in [0, 0.1) is 10.1 Å². The molecular formula is C17H22F3N3O3. The van der Waals surface area contributed by atoms with Crippen molar-refractivity contribution >= 4 is 17.3 Å². The van der Waals surface area contributed by atoms with Crippen molar-refractivity contribution in [2.75, 3.05) is 5.32 Å². The molecule has 1 saturated carbocycles. The van der Waals surface area contributed by atoms with Gasteiger partial charge in [0.2, 0.25) is 5.91 Å². The molecule has 1 aromatic carbocycles. The fourth-order valence-corrected chi connectivity index (χ4v) is 3.11. The predicted octanol–water partition coefficient (Wildman–Crippen LogP) is 4.25. The third-order valence-electron chi connectivity index (χ3n) is 4.51. The highest BCUT2D eigenvalue weighted by atomic mass is 19.4. The monoisotopic (exact) mass is 373 g/mol. The average Bonchev–Trinajstić information content (AvgIpc) is 2.82. The number of carbonyl (C=O) groups is 1. The van der Waals surface area contributed by atoms with Crippen LogP contribution in [0.1, 0.15) is 51.0 Å². The number of rotatable bonds is 5. The van der Waals surface area contributed by atoms with E-state index in [-0.39, 0.29) is 6.04 Å². The van der Waals surface area contributed by atoms with E-state index >= 15 is 0 Å². The first kappa shape index (κ1) is 20.2. The lowest BCUT2D eigenvalue weighted by molar-refractivity contribution is -0.385. The van der Waals surface area contributed by atoms with Gasteiger partial charge in [0.15, 0.2) is 0 Å². The number of hydrogen-bond acceptors (Lipinski definition) is 4. The van der Waals surface area contributed by atoms with E-state index in [1.807, 2.05) is 0 Å². The molecule has 1 amide bonds. The van der Waals surface area contributed by atoms with Gasteiger partial charge in [-0.3, -0.25) is 14.9 Å². The zero-order valence-electron chi connectivity index (χ0n) is 14.4. The second-order valence-corrected chi connectivity index (χ2v) is 6.55. The maximum Gasteiger partial charge on any atom is 0.418 e. The number of carbonyl (C=O) groups excluding carboxylic acids is 1. The topological polar surface area (TPSA) is 84.3 Å². The summed E-state index contributed by atoms with van der Waals surface area (Å²) in [6.45, 7) is 1.60. The van der Waals surface area contributed by atoms with Crippen molar-refractivity contribution in [2.24, 2.45) is 0 Å². The molecule has 2 rings (SSSR count). The Labute approximate surface area is 149 Å². The van der Waals surface area contributed by atoms with E-state index in [2.05, 4.69) is 10.6 Å². The summed E-state index contributed by atoms with van der Waals surface area (Å²) in [5, 5.41) is 16.1. The summed E-state index contributed by atoms with van der Waals surface area (Å²) in [5.41, 5.74) is -2.40. The van der Waals surface area contributed by atoms with Crippen molar-refractivity contribution in [3.8, 4) is 0 Å². The Morgan fingerprint density at radius 3 is 2.38 bits per heavy atom. The summed E-state index contributed by atoms with van der Waals surface area (Å²) in [6.07, 6.45) is 1.48. The second-order valence-electron chi connectivity index (χ2n) is 6.55. The van der Waals surface area contributed by atoms with Gasteiger partial charge in [-0.25, -0.2) is 0 Å². The molecule has 0 radical (unpaired) electrons. The number of anilines is 1. The SMILES string of the molecule is C[C@@H](NC1CCCCCC1)C(=O)Nc1ccc([N+](=O)[O-])cc1C(F)(F)F. The van der Waals surface area contributed by atoms with E-state index in [1.165, 1.54) is 0 Å². The molecule has 0 spiro atoms. The maximum absolute atomic E-state index is 13.2. The molecule has 1 aliphatic rings. The lowest BCUT2D eigenvalue weighted by Crippen LogP contribution is -2.44. The molecule has 0 unspecified atom stereocenters. The molecular weight excluding hydrogens is 351 g/mol. The first-order chi connectivity index (χ1) is 12.2. The Morgan fingerprint density at radius 2 is 1.85 bits per heavy atom. The summed E-state index contributed by atoms with van der Waals surface area (Å²) in [6, 6.07) is 1.77. The molecule has 0 heterocycles. The highest BCUT2D eigenvalue weighted by molar-refractivity contribution is 5.95. The number of nitro benzene ring substituents is 1. The lowest BCUT2D eigenvalue weighted by atomic mass is 10.1. The molecule has 0 saturated heterocycles. The fraction of sp³-hybridized carbons (Fsp3) is 0.588. The molecule has 6 nitrogen and oxygen atoms in total. The summed E-state index contributed by atoms with van der Waals surface area (Å²) in [4.78, 5) is 22.1. The average molecular weight is 373 g/mol. The third-order valence-corrected chi connectivity index (χ3v) is 4.51. The molecule has 1 aliphatic carbocycles. The molecule has 2 N–H and O–H groups in total. The number of nitro groups is 1. The van der Waals surface area contributed by atoms with Crippen LogP contribution in [-0.4, -0.2) is 22.9 Å². The number of halogens is 3. The molecule has 1 aromatic rings. The minimum absolute atomic E-state index is 0.164. The fourth-order valence-electron chi connectivity index (χ4n) is 3.11. The van der Waals surface area contributed by atoms with Crippen LogP contribution >= 0.6 is 0 Å². The van der Waals surface area contributed by atoms with Crippen LogP contribution < -0.4 is 10.6 Å². The number of nitrogens with one attached hydrogen (secondary N) is 2. The van der Waals surface area contributed by atoms with Crippen LogP contribution in [0.5, 0.6) is 0 Å². The Morgan fingerprint density at radius 1 is 1.23 bits per heavy atom. The number of nitrogens with zero attached hydrogens (tertiary/aromatic N) is 1. The molecule has 9 heteroatoms. The molecule has 0 bridgehead atoms. The van der Waals surface area contributed by atoms with Crippen molar-refractivity contribution in [1.29, 1.82) is 0 Å². The third kappa shape index (κ3) is 5.42. The van der Waals surface area contributed by atoms with Gasteiger partial charge in [0.05, 0.1) is 22.2 Å². The number of non-ortho nitro benzene ring substituents is 1. The van der Waals surface area contributed by atoms with Gasteiger partial charge in [-0.05, 0) is 25.8 Å². The van der Waals surface area contributed by atoms with Gasteiger partial charge in [0.25, 0.3) is 5.69 Å². The Kier molecular flexibility index (Phi) is 6.57. The van der Waals surface area contributed by atoms with Gasteiger partial charge in [-0.1, -0.05) is 25.7 Å². The minimum Gasteiger partial charge on any atom is -0.324 e. The van der Waals surface area contributed by atoms with Gasteiger partial charge >= 0.3 is 6.18 Å². The molecule has 1 fully saturated rings. The summed E-state index contributed by atoms with van der Waals surface area (Å²) in [5.74, 6) is -0.603. The van der Waals surface area contributed by atoms with Crippen LogP contribution in [-0.2, 0) is 11.0 Å². The summed E-state index contributed by atoms with van der Waals surface area (Å²) < 4.78 is 39.5. The standard InChI is InChI=1S/C17H22F3N3O3/c1-11(21-12-6-4-2-3-5-7-12)16(24)22-15-9-8-13(23(25)26)10-14(15)17(18,19)20/h8-12,21H,2-7H2,1H3,(H,22,24)/t11-/m1/s1.